The van der Waals surface area contributed by atoms with Crippen molar-refractivity contribution >= 4 is 18.0 Å². The molecule has 1 heterocycles. The van der Waals surface area contributed by atoms with Gasteiger partial charge in [0.25, 0.3) is 0 Å². The number of allylic oxidation sites excluding steroid dienone is 1. The van der Waals surface area contributed by atoms with Crippen molar-refractivity contribution in [1.29, 1.82) is 0 Å². The molecule has 0 aromatic carbocycles. The van der Waals surface area contributed by atoms with Crippen LogP contribution in [0.2, 0.25) is 0 Å². The van der Waals surface area contributed by atoms with Crippen LogP contribution in [0.1, 0.15) is 13.8 Å². The summed E-state index contributed by atoms with van der Waals surface area (Å²) in [4.78, 5) is 11.0. The van der Waals surface area contributed by atoms with Gasteiger partial charge in [0.15, 0.2) is 0 Å². The van der Waals surface area contributed by atoms with Crippen molar-refractivity contribution in [3.05, 3.63) is 11.1 Å². The molecule has 4 nitrogen and oxygen atoms in total. The van der Waals surface area contributed by atoms with Crippen LogP contribution in [0, 0.1) is 0 Å². The van der Waals surface area contributed by atoms with E-state index in [2.05, 4.69) is 5.43 Å². The molecule has 0 aromatic rings. The van der Waals surface area contributed by atoms with Gasteiger partial charge < -0.3 is 4.74 Å². The van der Waals surface area contributed by atoms with Crippen LogP contribution < -0.4 is 5.43 Å². The van der Waals surface area contributed by atoms with Gasteiger partial charge >= 0.3 is 6.09 Å². The van der Waals surface area contributed by atoms with Crippen LogP contribution in [0.4, 0.5) is 4.79 Å². The Morgan fingerprint density at radius 3 is 3.09 bits per heavy atom. The Labute approximate surface area is 69.7 Å². The zero-order valence-corrected chi connectivity index (χ0v) is 7.27. The van der Waals surface area contributed by atoms with Crippen molar-refractivity contribution in [3.63, 3.8) is 0 Å². The molecule has 1 amide bonds. The van der Waals surface area contributed by atoms with Gasteiger partial charge in [-0.05, 0) is 13.8 Å². The molecule has 1 aliphatic rings. The lowest BCUT2D eigenvalue weighted by atomic mass is 10.6. The molecule has 1 N–H and O–H groups in total. The molecule has 0 fully saturated rings. The Balaban J connectivity index is 2.34. The summed E-state index contributed by atoms with van der Waals surface area (Å²) in [5.41, 5.74) is 3.77. The molecule has 62 valence electrons. The maximum absolute atomic E-state index is 11.0. The zero-order chi connectivity index (χ0) is 8.27. The number of ether oxygens (including phenoxy) is 1. The Kier molecular flexibility index (Phi) is 2.64. The molecule has 11 heavy (non-hydrogen) atoms. The summed E-state index contributed by atoms with van der Waals surface area (Å²) < 4.78 is 6.09. The largest absolute Gasteiger partial charge is 0.448 e. The summed E-state index contributed by atoms with van der Waals surface area (Å²) in [6, 6.07) is 0. The lowest BCUT2D eigenvalue weighted by Gasteiger charge is -2.13. The summed E-state index contributed by atoms with van der Waals surface area (Å²) in [7, 11) is 0. The summed E-state index contributed by atoms with van der Waals surface area (Å²) in [6.07, 6.45) is -0.356. The van der Waals surface area contributed by atoms with Gasteiger partial charge in [-0.15, -0.1) is 0 Å². The maximum Gasteiger partial charge on any atom is 0.439 e. The Morgan fingerprint density at radius 2 is 2.64 bits per heavy atom. The summed E-state index contributed by atoms with van der Waals surface area (Å²) in [5, 5.41) is 1.84. The molecule has 1 rings (SSSR count). The standard InChI is InChI=1S/C6H10N2O2S/c1-3-10-6(9)8-7-5(2)4-11-8/h4,7H,3H2,1-2H3. The predicted molar refractivity (Wildman–Crippen MR) is 43.3 cm³/mol. The second-order valence-electron chi connectivity index (χ2n) is 2.01. The van der Waals surface area contributed by atoms with Crippen LogP contribution in [0.3, 0.4) is 0 Å². The first kappa shape index (κ1) is 8.26. The van der Waals surface area contributed by atoms with Gasteiger partial charge in [-0.1, -0.05) is 0 Å². The van der Waals surface area contributed by atoms with Crippen LogP contribution in [0.5, 0.6) is 0 Å². The SMILES string of the molecule is CCOC(=O)N1NC(C)=CS1. The van der Waals surface area contributed by atoms with Crippen LogP contribution in [0.25, 0.3) is 0 Å². The van der Waals surface area contributed by atoms with Gasteiger partial charge in [-0.3, -0.25) is 5.43 Å². The molecule has 0 saturated heterocycles. The lowest BCUT2D eigenvalue weighted by molar-refractivity contribution is 0.127. The van der Waals surface area contributed by atoms with Crippen molar-refractivity contribution in [1.82, 2.24) is 9.84 Å². The highest BCUT2D eigenvalue weighted by molar-refractivity contribution is 8.00. The van der Waals surface area contributed by atoms with E-state index in [0.717, 1.165) is 5.70 Å². The highest BCUT2D eigenvalue weighted by Gasteiger charge is 2.18. The molecular weight excluding hydrogens is 164 g/mol. The second kappa shape index (κ2) is 3.52. The van der Waals surface area contributed by atoms with Gasteiger partial charge in [-0.2, -0.15) is 4.41 Å². The van der Waals surface area contributed by atoms with E-state index < -0.39 is 0 Å². The lowest BCUT2D eigenvalue weighted by Crippen LogP contribution is -2.32. The van der Waals surface area contributed by atoms with E-state index >= 15 is 0 Å². The maximum atomic E-state index is 11.0. The quantitative estimate of drug-likeness (QED) is 0.611. The summed E-state index contributed by atoms with van der Waals surface area (Å²) in [6.45, 7) is 4.06. The minimum atomic E-state index is -0.356. The molecular formula is C6H10N2O2S. The minimum absolute atomic E-state index is 0.356. The summed E-state index contributed by atoms with van der Waals surface area (Å²) in [5.74, 6) is 0. The Hall–Kier alpha value is -0.840. The van der Waals surface area contributed by atoms with Gasteiger partial charge in [-0.25, -0.2) is 4.79 Å². The number of hydrogen-bond acceptors (Lipinski definition) is 4. The molecule has 0 bridgehead atoms. The number of rotatable bonds is 1. The fraction of sp³-hybridized carbons (Fsp3) is 0.500. The van der Waals surface area contributed by atoms with Crippen LogP contribution in [0.15, 0.2) is 11.1 Å². The monoisotopic (exact) mass is 174 g/mol. The van der Waals surface area contributed by atoms with E-state index in [1.54, 1.807) is 6.92 Å². The number of nitrogens with zero attached hydrogens (tertiary/aromatic N) is 1. The van der Waals surface area contributed by atoms with Crippen molar-refractivity contribution in [3.8, 4) is 0 Å². The smallest absolute Gasteiger partial charge is 0.439 e. The van der Waals surface area contributed by atoms with E-state index in [0.29, 0.717) is 6.61 Å². The zero-order valence-electron chi connectivity index (χ0n) is 6.46. The topological polar surface area (TPSA) is 41.6 Å². The van der Waals surface area contributed by atoms with Crippen molar-refractivity contribution in [2.75, 3.05) is 6.61 Å². The van der Waals surface area contributed by atoms with Crippen LogP contribution in [-0.2, 0) is 4.74 Å². The van der Waals surface area contributed by atoms with E-state index in [1.807, 2.05) is 12.3 Å². The highest BCUT2D eigenvalue weighted by atomic mass is 32.2. The number of hydrazine groups is 1. The van der Waals surface area contributed by atoms with Crippen LogP contribution in [-0.4, -0.2) is 17.1 Å². The van der Waals surface area contributed by atoms with Crippen molar-refractivity contribution < 1.29 is 9.53 Å². The van der Waals surface area contributed by atoms with Crippen LogP contribution >= 0.6 is 11.9 Å². The van der Waals surface area contributed by atoms with E-state index in [9.17, 15) is 4.79 Å². The Bertz CT molecular complexity index is 193. The first-order chi connectivity index (χ1) is 5.24. The number of carbonyl (C=O) groups excluding carboxylic acids is 1. The normalized spacial score (nSPS) is 15.8. The predicted octanol–water partition coefficient (Wildman–Crippen LogP) is 1.47. The minimum Gasteiger partial charge on any atom is -0.448 e. The third-order valence-corrected chi connectivity index (χ3v) is 1.96. The molecule has 5 heteroatoms. The molecule has 0 radical (unpaired) electrons. The van der Waals surface area contributed by atoms with Gasteiger partial charge in [0.1, 0.15) is 0 Å². The van der Waals surface area contributed by atoms with E-state index in [4.69, 9.17) is 4.74 Å². The molecule has 0 aromatic heterocycles. The first-order valence-electron chi connectivity index (χ1n) is 3.31. The van der Waals surface area contributed by atoms with E-state index in [-0.39, 0.29) is 6.09 Å². The van der Waals surface area contributed by atoms with Crippen molar-refractivity contribution in [2.45, 2.75) is 13.8 Å². The van der Waals surface area contributed by atoms with Gasteiger partial charge in [0.2, 0.25) is 0 Å². The number of amides is 1. The molecule has 0 saturated carbocycles. The van der Waals surface area contributed by atoms with Gasteiger partial charge in [0, 0.05) is 23.1 Å². The van der Waals surface area contributed by atoms with Gasteiger partial charge in [0.05, 0.1) is 6.61 Å². The third kappa shape index (κ3) is 2.04. The average molecular weight is 174 g/mol. The fourth-order valence-corrected chi connectivity index (χ4v) is 1.27. The number of hydrogen-bond donors (Lipinski definition) is 1. The molecule has 0 atom stereocenters. The van der Waals surface area contributed by atoms with E-state index in [1.165, 1.54) is 16.4 Å². The third-order valence-electron chi connectivity index (χ3n) is 1.05. The van der Waals surface area contributed by atoms with Crippen molar-refractivity contribution in [2.24, 2.45) is 0 Å². The number of carbonyl (C=O) groups is 1. The molecule has 0 spiro atoms. The molecule has 1 aliphatic heterocycles. The molecule has 0 aliphatic carbocycles. The fourth-order valence-electron chi connectivity index (χ4n) is 0.615. The highest BCUT2D eigenvalue weighted by Crippen LogP contribution is 2.19. The number of nitrogens with one attached hydrogen (secondary N) is 1. The summed E-state index contributed by atoms with van der Waals surface area (Å²) >= 11 is 1.28. The Morgan fingerprint density at radius 1 is 1.91 bits per heavy atom. The molecule has 0 unspecified atom stereocenters. The average Bonchev–Trinajstić information content (AvgIpc) is 2.36. The first-order valence-corrected chi connectivity index (χ1v) is 4.14. The second-order valence-corrected chi connectivity index (χ2v) is 2.82.